The molecular weight excluding hydrogens is 289 g/mol. The number of aliphatic hydroxyl groups excluding tert-OH is 1. The van der Waals surface area contributed by atoms with Gasteiger partial charge in [0.1, 0.15) is 0 Å². The van der Waals surface area contributed by atoms with Crippen molar-refractivity contribution in [3.05, 3.63) is 34.3 Å². The highest BCUT2D eigenvalue weighted by Crippen LogP contribution is 2.11. The highest BCUT2D eigenvalue weighted by atomic mass is 79.9. The van der Waals surface area contributed by atoms with Crippen LogP contribution in [0.5, 0.6) is 0 Å². The molecule has 0 saturated carbocycles. The van der Waals surface area contributed by atoms with E-state index in [9.17, 15) is 0 Å². The first kappa shape index (κ1) is 15.9. The van der Waals surface area contributed by atoms with E-state index in [1.54, 1.807) is 0 Å². The summed E-state index contributed by atoms with van der Waals surface area (Å²) < 4.78 is 1.13. The second-order valence-corrected chi connectivity index (χ2v) is 4.51. The molecule has 0 heterocycles. The molecule has 92 valence electrons. The van der Waals surface area contributed by atoms with Crippen molar-refractivity contribution in [3.63, 3.8) is 0 Å². The predicted octanol–water partition coefficient (Wildman–Crippen LogP) is 3.12. The summed E-state index contributed by atoms with van der Waals surface area (Å²) in [6, 6.07) is 8.32. The molecule has 0 unspecified atom stereocenters. The van der Waals surface area contributed by atoms with E-state index in [-0.39, 0.29) is 12.4 Å². The average molecular weight is 309 g/mol. The molecule has 1 aromatic rings. The van der Waals surface area contributed by atoms with Crippen LogP contribution in [0.25, 0.3) is 0 Å². The van der Waals surface area contributed by atoms with Gasteiger partial charge in [0.2, 0.25) is 0 Å². The van der Waals surface area contributed by atoms with Crippen LogP contribution in [0.3, 0.4) is 0 Å². The lowest BCUT2D eigenvalue weighted by Gasteiger charge is -2.04. The molecule has 2 N–H and O–H groups in total. The molecule has 0 atom stereocenters. The van der Waals surface area contributed by atoms with Gasteiger partial charge in [0.05, 0.1) is 0 Å². The summed E-state index contributed by atoms with van der Waals surface area (Å²) in [6.07, 6.45) is 3.15. The van der Waals surface area contributed by atoms with Gasteiger partial charge in [-0.15, -0.1) is 12.4 Å². The van der Waals surface area contributed by atoms with Gasteiger partial charge in [0, 0.05) is 17.6 Å². The van der Waals surface area contributed by atoms with Gasteiger partial charge in [-0.1, -0.05) is 28.1 Å². The molecule has 16 heavy (non-hydrogen) atoms. The van der Waals surface area contributed by atoms with E-state index < -0.39 is 0 Å². The molecule has 2 nitrogen and oxygen atoms in total. The number of benzene rings is 1. The van der Waals surface area contributed by atoms with Crippen LogP contribution in [0.2, 0.25) is 0 Å². The van der Waals surface area contributed by atoms with Crippen molar-refractivity contribution in [1.82, 2.24) is 5.32 Å². The second kappa shape index (κ2) is 10.1. The molecule has 1 aromatic carbocycles. The third-order valence-electron chi connectivity index (χ3n) is 2.23. The van der Waals surface area contributed by atoms with Crippen LogP contribution < -0.4 is 5.32 Å². The molecule has 0 aromatic heterocycles. The Balaban J connectivity index is 0.00000225. The fourth-order valence-corrected chi connectivity index (χ4v) is 1.86. The van der Waals surface area contributed by atoms with Gasteiger partial charge in [0.25, 0.3) is 0 Å². The van der Waals surface area contributed by atoms with Gasteiger partial charge in [-0.3, -0.25) is 0 Å². The largest absolute Gasteiger partial charge is 0.396 e. The number of hydrogen-bond donors (Lipinski definition) is 2. The third-order valence-corrected chi connectivity index (χ3v) is 2.72. The quantitative estimate of drug-likeness (QED) is 0.759. The molecule has 0 aliphatic carbocycles. The number of halogens is 2. The van der Waals surface area contributed by atoms with Crippen LogP contribution in [0.4, 0.5) is 0 Å². The van der Waals surface area contributed by atoms with Crippen molar-refractivity contribution in [2.75, 3.05) is 13.2 Å². The van der Waals surface area contributed by atoms with Crippen molar-refractivity contribution < 1.29 is 5.11 Å². The van der Waals surface area contributed by atoms with E-state index >= 15 is 0 Å². The van der Waals surface area contributed by atoms with Crippen molar-refractivity contribution in [2.45, 2.75) is 25.8 Å². The first-order valence-corrected chi connectivity index (χ1v) is 6.18. The second-order valence-electron chi connectivity index (χ2n) is 3.59. The zero-order valence-electron chi connectivity index (χ0n) is 9.29. The van der Waals surface area contributed by atoms with Crippen LogP contribution >= 0.6 is 28.3 Å². The van der Waals surface area contributed by atoms with Crippen LogP contribution in [-0.2, 0) is 6.54 Å². The molecular formula is C12H19BrClNO. The Morgan fingerprint density at radius 1 is 1.19 bits per heavy atom. The first-order valence-electron chi connectivity index (χ1n) is 5.39. The van der Waals surface area contributed by atoms with Crippen molar-refractivity contribution in [1.29, 1.82) is 0 Å². The number of aliphatic hydroxyl groups is 1. The standard InChI is InChI=1S/C12H18BrNO.ClH/c13-12-6-4-5-11(9-12)10-14-7-2-1-3-8-15;/h4-6,9,14-15H,1-3,7-8,10H2;1H. The number of nitrogens with one attached hydrogen (secondary N) is 1. The maximum Gasteiger partial charge on any atom is 0.0431 e. The fourth-order valence-electron chi connectivity index (χ4n) is 1.42. The molecule has 0 amide bonds. The van der Waals surface area contributed by atoms with Gasteiger partial charge in [0.15, 0.2) is 0 Å². The summed E-state index contributed by atoms with van der Waals surface area (Å²) in [5, 5.41) is 12.0. The fraction of sp³-hybridized carbons (Fsp3) is 0.500. The van der Waals surface area contributed by atoms with Crippen molar-refractivity contribution >= 4 is 28.3 Å². The summed E-state index contributed by atoms with van der Waals surface area (Å²) >= 11 is 3.45. The smallest absolute Gasteiger partial charge is 0.0431 e. The minimum absolute atomic E-state index is 0. The van der Waals surface area contributed by atoms with Gasteiger partial charge < -0.3 is 10.4 Å². The third kappa shape index (κ3) is 7.23. The Morgan fingerprint density at radius 3 is 2.69 bits per heavy atom. The monoisotopic (exact) mass is 307 g/mol. The number of rotatable bonds is 7. The van der Waals surface area contributed by atoms with Gasteiger partial charge >= 0.3 is 0 Å². The SMILES string of the molecule is Cl.OCCCCCNCc1cccc(Br)c1. The van der Waals surface area contributed by atoms with E-state index in [1.165, 1.54) is 5.56 Å². The maximum absolute atomic E-state index is 8.61. The molecule has 0 aliphatic rings. The molecule has 4 heteroatoms. The van der Waals surface area contributed by atoms with Crippen molar-refractivity contribution in [2.24, 2.45) is 0 Å². The molecule has 0 saturated heterocycles. The molecule has 0 radical (unpaired) electrons. The topological polar surface area (TPSA) is 32.3 Å². The highest BCUT2D eigenvalue weighted by Gasteiger charge is 1.93. The van der Waals surface area contributed by atoms with Crippen LogP contribution in [0, 0.1) is 0 Å². The van der Waals surface area contributed by atoms with Gasteiger partial charge in [-0.05, 0) is 43.5 Å². The Morgan fingerprint density at radius 2 is 2.00 bits per heavy atom. The van der Waals surface area contributed by atoms with Crippen LogP contribution in [0.1, 0.15) is 24.8 Å². The lowest BCUT2D eigenvalue weighted by atomic mass is 10.2. The van der Waals surface area contributed by atoms with E-state index in [1.807, 2.05) is 12.1 Å². The van der Waals surface area contributed by atoms with E-state index in [4.69, 9.17) is 5.11 Å². The molecule has 0 aliphatic heterocycles. The number of hydrogen-bond acceptors (Lipinski definition) is 2. The summed E-state index contributed by atoms with van der Waals surface area (Å²) in [5.74, 6) is 0. The van der Waals surface area contributed by atoms with E-state index in [2.05, 4.69) is 33.4 Å². The minimum atomic E-state index is 0. The van der Waals surface area contributed by atoms with Crippen LogP contribution in [0.15, 0.2) is 28.7 Å². The summed E-state index contributed by atoms with van der Waals surface area (Å²) in [5.41, 5.74) is 1.30. The lowest BCUT2D eigenvalue weighted by Crippen LogP contribution is -2.14. The Hall–Kier alpha value is -0.0900. The Bertz CT molecular complexity index is 283. The normalized spacial score (nSPS) is 9.88. The molecule has 1 rings (SSSR count). The molecule has 0 bridgehead atoms. The summed E-state index contributed by atoms with van der Waals surface area (Å²) in [6.45, 7) is 2.25. The summed E-state index contributed by atoms with van der Waals surface area (Å²) in [7, 11) is 0. The highest BCUT2D eigenvalue weighted by molar-refractivity contribution is 9.10. The lowest BCUT2D eigenvalue weighted by molar-refractivity contribution is 0.283. The van der Waals surface area contributed by atoms with Crippen molar-refractivity contribution in [3.8, 4) is 0 Å². The minimum Gasteiger partial charge on any atom is -0.396 e. The van der Waals surface area contributed by atoms with E-state index in [0.29, 0.717) is 6.61 Å². The van der Waals surface area contributed by atoms with E-state index in [0.717, 1.165) is 36.8 Å². The summed E-state index contributed by atoms with van der Waals surface area (Å²) in [4.78, 5) is 0. The molecule has 0 fully saturated rings. The van der Waals surface area contributed by atoms with Crippen LogP contribution in [-0.4, -0.2) is 18.3 Å². The maximum atomic E-state index is 8.61. The van der Waals surface area contributed by atoms with Gasteiger partial charge in [-0.2, -0.15) is 0 Å². The first-order chi connectivity index (χ1) is 7.33. The van der Waals surface area contributed by atoms with Gasteiger partial charge in [-0.25, -0.2) is 0 Å². The Labute approximate surface area is 112 Å². The predicted molar refractivity (Wildman–Crippen MR) is 74.0 cm³/mol. The Kier molecular flexibility index (Phi) is 10.0. The zero-order chi connectivity index (χ0) is 10.9. The zero-order valence-corrected chi connectivity index (χ0v) is 11.7. The average Bonchev–Trinajstić information content (AvgIpc) is 2.23. The molecule has 0 spiro atoms. The number of unbranched alkanes of at least 4 members (excludes halogenated alkanes) is 2.